The van der Waals surface area contributed by atoms with Crippen molar-refractivity contribution < 1.29 is 14.3 Å². The summed E-state index contributed by atoms with van der Waals surface area (Å²) in [7, 11) is 1.30. The van der Waals surface area contributed by atoms with E-state index in [2.05, 4.69) is 28.8 Å². The number of anilines is 1. The van der Waals surface area contributed by atoms with Gasteiger partial charge in [-0.15, -0.1) is 0 Å². The smallest absolute Gasteiger partial charge is 0.325 e. The standard InChI is InChI=1S/C13H22N4O3/c1-4-9(5-2)7-17(8-12(18)20-3)13(19)10-6-11(14)16-15-10/h6,9H,4-5,7-8H2,1-3H3,(H3,14,15,16). The summed E-state index contributed by atoms with van der Waals surface area (Å²) in [6.07, 6.45) is 1.87. The van der Waals surface area contributed by atoms with Crippen LogP contribution in [0, 0.1) is 5.92 Å². The lowest BCUT2D eigenvalue weighted by molar-refractivity contribution is -0.141. The Morgan fingerprint density at radius 1 is 1.45 bits per heavy atom. The molecular formula is C13H22N4O3. The molecule has 0 saturated heterocycles. The fraction of sp³-hybridized carbons (Fsp3) is 0.615. The molecule has 0 fully saturated rings. The topological polar surface area (TPSA) is 101 Å². The van der Waals surface area contributed by atoms with Gasteiger partial charge in [0.1, 0.15) is 18.1 Å². The van der Waals surface area contributed by atoms with Gasteiger partial charge in [0.05, 0.1) is 7.11 Å². The highest BCUT2D eigenvalue weighted by Crippen LogP contribution is 2.13. The summed E-state index contributed by atoms with van der Waals surface area (Å²) in [5, 5.41) is 6.30. The molecule has 0 unspecified atom stereocenters. The van der Waals surface area contributed by atoms with Gasteiger partial charge in [-0.1, -0.05) is 26.7 Å². The van der Waals surface area contributed by atoms with Gasteiger partial charge in [-0.3, -0.25) is 14.7 Å². The number of ether oxygens (including phenoxy) is 1. The van der Waals surface area contributed by atoms with E-state index in [1.165, 1.54) is 18.1 Å². The van der Waals surface area contributed by atoms with Gasteiger partial charge < -0.3 is 15.4 Å². The van der Waals surface area contributed by atoms with Gasteiger partial charge in [0.2, 0.25) is 0 Å². The number of nitrogen functional groups attached to an aromatic ring is 1. The van der Waals surface area contributed by atoms with Crippen LogP contribution in [-0.4, -0.2) is 47.2 Å². The number of carbonyl (C=O) groups is 2. The summed E-state index contributed by atoms with van der Waals surface area (Å²) in [6.45, 7) is 4.54. The van der Waals surface area contributed by atoms with Crippen molar-refractivity contribution in [1.29, 1.82) is 0 Å². The zero-order valence-corrected chi connectivity index (χ0v) is 12.2. The molecule has 0 saturated carbocycles. The number of aromatic nitrogens is 2. The second kappa shape index (κ2) is 7.52. The number of esters is 1. The predicted molar refractivity (Wildman–Crippen MR) is 75.0 cm³/mol. The highest BCUT2D eigenvalue weighted by molar-refractivity contribution is 5.94. The molecule has 1 aromatic rings. The summed E-state index contributed by atoms with van der Waals surface area (Å²) >= 11 is 0. The number of hydrogen-bond acceptors (Lipinski definition) is 5. The minimum Gasteiger partial charge on any atom is -0.468 e. The van der Waals surface area contributed by atoms with E-state index < -0.39 is 5.97 Å². The fourth-order valence-corrected chi connectivity index (χ4v) is 1.92. The Bertz CT molecular complexity index is 454. The van der Waals surface area contributed by atoms with E-state index in [4.69, 9.17) is 5.73 Å². The second-order valence-corrected chi connectivity index (χ2v) is 4.65. The Morgan fingerprint density at radius 3 is 2.55 bits per heavy atom. The molecule has 1 heterocycles. The van der Waals surface area contributed by atoms with E-state index in [1.807, 2.05) is 0 Å². The average Bonchev–Trinajstić information content (AvgIpc) is 2.88. The van der Waals surface area contributed by atoms with Gasteiger partial charge in [-0.25, -0.2) is 0 Å². The van der Waals surface area contributed by atoms with Gasteiger partial charge >= 0.3 is 5.97 Å². The van der Waals surface area contributed by atoms with Crippen LogP contribution in [0.4, 0.5) is 5.82 Å². The van der Waals surface area contributed by atoms with Crippen LogP contribution in [0.5, 0.6) is 0 Å². The Hall–Kier alpha value is -2.05. The van der Waals surface area contributed by atoms with Crippen molar-refractivity contribution in [2.75, 3.05) is 25.9 Å². The quantitative estimate of drug-likeness (QED) is 0.728. The molecule has 1 amide bonds. The molecule has 0 aliphatic carbocycles. The summed E-state index contributed by atoms with van der Waals surface area (Å²) in [5.41, 5.74) is 5.77. The molecule has 0 aliphatic heterocycles. The number of rotatable bonds is 7. The number of carbonyl (C=O) groups excluding carboxylic acids is 2. The number of nitrogens with one attached hydrogen (secondary N) is 1. The van der Waals surface area contributed by atoms with Crippen molar-refractivity contribution in [2.24, 2.45) is 5.92 Å². The zero-order chi connectivity index (χ0) is 15.1. The van der Waals surface area contributed by atoms with Crippen molar-refractivity contribution in [3.05, 3.63) is 11.8 Å². The molecule has 20 heavy (non-hydrogen) atoms. The van der Waals surface area contributed by atoms with E-state index in [0.29, 0.717) is 12.5 Å². The van der Waals surface area contributed by atoms with Gasteiger partial charge in [0.25, 0.3) is 5.91 Å². The maximum Gasteiger partial charge on any atom is 0.325 e. The van der Waals surface area contributed by atoms with Crippen LogP contribution in [0.3, 0.4) is 0 Å². The molecule has 7 nitrogen and oxygen atoms in total. The summed E-state index contributed by atoms with van der Waals surface area (Å²) in [6, 6.07) is 1.46. The third-order valence-electron chi connectivity index (χ3n) is 3.30. The molecule has 3 N–H and O–H groups in total. The van der Waals surface area contributed by atoms with Crippen LogP contribution in [0.2, 0.25) is 0 Å². The molecule has 7 heteroatoms. The number of hydrogen-bond donors (Lipinski definition) is 2. The molecular weight excluding hydrogens is 260 g/mol. The van der Waals surface area contributed by atoms with Gasteiger partial charge in [0, 0.05) is 12.6 Å². The first-order valence-electron chi connectivity index (χ1n) is 6.68. The van der Waals surface area contributed by atoms with E-state index in [-0.39, 0.29) is 24.0 Å². The third-order valence-corrected chi connectivity index (χ3v) is 3.30. The second-order valence-electron chi connectivity index (χ2n) is 4.65. The fourth-order valence-electron chi connectivity index (χ4n) is 1.92. The average molecular weight is 282 g/mol. The molecule has 1 rings (SSSR count). The number of methoxy groups -OCH3 is 1. The van der Waals surface area contributed by atoms with Crippen LogP contribution in [0.1, 0.15) is 37.2 Å². The SMILES string of the molecule is CCC(CC)CN(CC(=O)OC)C(=O)c1cc(N)n[nH]1. The molecule has 112 valence electrons. The minimum atomic E-state index is -0.447. The zero-order valence-electron chi connectivity index (χ0n) is 12.2. The summed E-state index contributed by atoms with van der Waals surface area (Å²) < 4.78 is 4.64. The first kappa shape index (κ1) is 16.0. The van der Waals surface area contributed by atoms with E-state index in [9.17, 15) is 9.59 Å². The number of nitrogens with two attached hydrogens (primary N) is 1. The van der Waals surface area contributed by atoms with Crippen molar-refractivity contribution >= 4 is 17.7 Å². The van der Waals surface area contributed by atoms with E-state index >= 15 is 0 Å². The highest BCUT2D eigenvalue weighted by Gasteiger charge is 2.23. The van der Waals surface area contributed by atoms with Gasteiger partial charge in [0.15, 0.2) is 0 Å². The van der Waals surface area contributed by atoms with Crippen molar-refractivity contribution in [3.63, 3.8) is 0 Å². The first-order valence-corrected chi connectivity index (χ1v) is 6.68. The van der Waals surface area contributed by atoms with Gasteiger partial charge in [-0.2, -0.15) is 5.10 Å². The number of amides is 1. The van der Waals surface area contributed by atoms with Crippen LogP contribution < -0.4 is 5.73 Å². The Labute approximate surface area is 118 Å². The van der Waals surface area contributed by atoms with E-state index in [0.717, 1.165) is 12.8 Å². The summed E-state index contributed by atoms with van der Waals surface area (Å²) in [4.78, 5) is 25.3. The lowest BCUT2D eigenvalue weighted by Crippen LogP contribution is -2.39. The minimum absolute atomic E-state index is 0.0786. The normalized spacial score (nSPS) is 10.6. The molecule has 0 radical (unpaired) electrons. The van der Waals surface area contributed by atoms with Crippen molar-refractivity contribution in [2.45, 2.75) is 26.7 Å². The molecule has 0 aliphatic rings. The molecule has 0 atom stereocenters. The van der Waals surface area contributed by atoms with Crippen LogP contribution in [0.15, 0.2) is 6.07 Å². The Morgan fingerprint density at radius 2 is 2.10 bits per heavy atom. The monoisotopic (exact) mass is 282 g/mol. The first-order chi connectivity index (χ1) is 9.51. The van der Waals surface area contributed by atoms with Gasteiger partial charge in [-0.05, 0) is 5.92 Å². The van der Waals surface area contributed by atoms with Crippen LogP contribution in [0.25, 0.3) is 0 Å². The molecule has 1 aromatic heterocycles. The lowest BCUT2D eigenvalue weighted by atomic mass is 10.0. The van der Waals surface area contributed by atoms with Crippen molar-refractivity contribution in [3.8, 4) is 0 Å². The van der Waals surface area contributed by atoms with Crippen LogP contribution >= 0.6 is 0 Å². The highest BCUT2D eigenvalue weighted by atomic mass is 16.5. The largest absolute Gasteiger partial charge is 0.468 e. The Balaban J connectivity index is 2.85. The van der Waals surface area contributed by atoms with Crippen molar-refractivity contribution in [1.82, 2.24) is 15.1 Å². The number of aromatic amines is 1. The number of H-pyrrole nitrogens is 1. The molecule has 0 aromatic carbocycles. The maximum atomic E-state index is 12.4. The molecule has 0 bridgehead atoms. The predicted octanol–water partition coefficient (Wildman–Crippen LogP) is 1.04. The third kappa shape index (κ3) is 4.25. The molecule has 0 spiro atoms. The Kier molecular flexibility index (Phi) is 6.02. The number of nitrogens with zero attached hydrogens (tertiary/aromatic N) is 2. The van der Waals surface area contributed by atoms with E-state index in [1.54, 1.807) is 0 Å². The van der Waals surface area contributed by atoms with Crippen LogP contribution in [-0.2, 0) is 9.53 Å². The lowest BCUT2D eigenvalue weighted by Gasteiger charge is -2.25. The summed E-state index contributed by atoms with van der Waals surface area (Å²) in [5.74, 6) is -0.166. The maximum absolute atomic E-state index is 12.4.